The van der Waals surface area contributed by atoms with Gasteiger partial charge in [-0.15, -0.1) is 5.10 Å². The van der Waals surface area contributed by atoms with Gasteiger partial charge in [0.15, 0.2) is 5.69 Å². The van der Waals surface area contributed by atoms with Gasteiger partial charge < -0.3 is 0 Å². The molecule has 1 heterocycles. The topological polar surface area (TPSA) is 30.7 Å². The van der Waals surface area contributed by atoms with Gasteiger partial charge in [-0.1, -0.05) is 18.6 Å². The van der Waals surface area contributed by atoms with E-state index in [1.165, 1.54) is 0 Å². The maximum atomic E-state index is 13.0. The SMILES string of the molecule is CCCCn1nnc(C(F)(F)C(F)(F)F)c1C. The molecule has 0 fully saturated rings. The molecule has 1 rings (SSSR count). The number of aryl methyl sites for hydroxylation is 1. The summed E-state index contributed by atoms with van der Waals surface area (Å²) in [7, 11) is 0. The van der Waals surface area contributed by atoms with E-state index in [2.05, 4.69) is 10.3 Å². The summed E-state index contributed by atoms with van der Waals surface area (Å²) in [5, 5.41) is 6.27. The Morgan fingerprint density at radius 2 is 1.76 bits per heavy atom. The van der Waals surface area contributed by atoms with Crippen LogP contribution in [0.1, 0.15) is 31.2 Å². The van der Waals surface area contributed by atoms with E-state index in [9.17, 15) is 22.0 Å². The Bertz CT molecular complexity index is 382. The zero-order chi connectivity index (χ0) is 13.3. The second kappa shape index (κ2) is 4.58. The van der Waals surface area contributed by atoms with E-state index in [1.807, 2.05) is 6.92 Å². The van der Waals surface area contributed by atoms with Crippen molar-refractivity contribution in [1.82, 2.24) is 15.0 Å². The largest absolute Gasteiger partial charge is 0.459 e. The van der Waals surface area contributed by atoms with Gasteiger partial charge in [-0.2, -0.15) is 22.0 Å². The highest BCUT2D eigenvalue weighted by Crippen LogP contribution is 2.43. The molecule has 1 aromatic rings. The zero-order valence-electron chi connectivity index (χ0n) is 9.35. The molecule has 0 aromatic carbocycles. The maximum absolute atomic E-state index is 13.0. The Balaban J connectivity index is 3.04. The molecule has 0 amide bonds. The minimum atomic E-state index is -5.65. The molecule has 0 unspecified atom stereocenters. The lowest BCUT2D eigenvalue weighted by molar-refractivity contribution is -0.291. The fourth-order valence-corrected chi connectivity index (χ4v) is 1.30. The summed E-state index contributed by atoms with van der Waals surface area (Å²) in [5.41, 5.74) is -1.57. The summed E-state index contributed by atoms with van der Waals surface area (Å²) in [6, 6.07) is 0. The predicted molar refractivity (Wildman–Crippen MR) is 49.6 cm³/mol. The van der Waals surface area contributed by atoms with E-state index in [-0.39, 0.29) is 12.2 Å². The van der Waals surface area contributed by atoms with Gasteiger partial charge in [0, 0.05) is 6.54 Å². The second-order valence-electron chi connectivity index (χ2n) is 3.67. The highest BCUT2D eigenvalue weighted by Gasteiger charge is 2.61. The van der Waals surface area contributed by atoms with Crippen molar-refractivity contribution in [2.75, 3.05) is 0 Å². The molecule has 0 radical (unpaired) electrons. The monoisotopic (exact) mass is 257 g/mol. The van der Waals surface area contributed by atoms with Crippen LogP contribution in [-0.2, 0) is 12.5 Å². The summed E-state index contributed by atoms with van der Waals surface area (Å²) < 4.78 is 63.5. The predicted octanol–water partition coefficient (Wildman–Crippen LogP) is 3.04. The molecule has 17 heavy (non-hydrogen) atoms. The molecule has 8 heteroatoms. The molecule has 98 valence electrons. The summed E-state index contributed by atoms with van der Waals surface area (Å²) in [6.07, 6.45) is -4.23. The molecule has 1 aromatic heterocycles. The molecule has 0 aliphatic rings. The lowest BCUT2D eigenvalue weighted by Gasteiger charge is -2.17. The van der Waals surface area contributed by atoms with Crippen LogP contribution in [0.4, 0.5) is 22.0 Å². The Kier molecular flexibility index (Phi) is 3.73. The molecule has 0 aliphatic heterocycles. The van der Waals surface area contributed by atoms with Crippen molar-refractivity contribution in [3.05, 3.63) is 11.4 Å². The Morgan fingerprint density at radius 3 is 2.24 bits per heavy atom. The molecule has 0 bridgehead atoms. The normalized spacial score (nSPS) is 13.1. The van der Waals surface area contributed by atoms with Crippen LogP contribution in [-0.4, -0.2) is 21.2 Å². The number of unbranched alkanes of at least 4 members (excludes halogenated alkanes) is 1. The first-order valence-corrected chi connectivity index (χ1v) is 5.07. The standard InChI is InChI=1S/C9H12F5N3/c1-3-4-5-17-6(2)7(15-16-17)8(10,11)9(12,13)14/h3-5H2,1-2H3. The van der Waals surface area contributed by atoms with E-state index >= 15 is 0 Å². The van der Waals surface area contributed by atoms with Crippen LogP contribution in [0.3, 0.4) is 0 Å². The number of alkyl halides is 5. The van der Waals surface area contributed by atoms with E-state index in [1.54, 1.807) is 0 Å². The van der Waals surface area contributed by atoms with Gasteiger partial charge in [0.05, 0.1) is 5.69 Å². The summed E-state index contributed by atoms with van der Waals surface area (Å²) in [5.74, 6) is -4.96. The lowest BCUT2D eigenvalue weighted by Crippen LogP contribution is -2.34. The van der Waals surface area contributed by atoms with Gasteiger partial charge in [-0.3, -0.25) is 0 Å². The van der Waals surface area contributed by atoms with Gasteiger partial charge in [0.25, 0.3) is 0 Å². The fraction of sp³-hybridized carbons (Fsp3) is 0.778. The Labute approximate surface area is 94.6 Å². The molecule has 0 spiro atoms. The van der Waals surface area contributed by atoms with E-state index in [0.717, 1.165) is 18.0 Å². The average molecular weight is 257 g/mol. The lowest BCUT2D eigenvalue weighted by atomic mass is 10.2. The Hall–Kier alpha value is -1.21. The minimum absolute atomic E-state index is 0.249. The van der Waals surface area contributed by atoms with Crippen molar-refractivity contribution in [2.45, 2.75) is 45.3 Å². The van der Waals surface area contributed by atoms with Gasteiger partial charge in [-0.05, 0) is 13.3 Å². The van der Waals surface area contributed by atoms with Crippen molar-refractivity contribution >= 4 is 0 Å². The van der Waals surface area contributed by atoms with Crippen LogP contribution in [0, 0.1) is 6.92 Å². The maximum Gasteiger partial charge on any atom is 0.459 e. The van der Waals surface area contributed by atoms with Crippen molar-refractivity contribution in [2.24, 2.45) is 0 Å². The molecular weight excluding hydrogens is 245 g/mol. The first-order chi connectivity index (χ1) is 7.71. The van der Waals surface area contributed by atoms with Crippen LogP contribution < -0.4 is 0 Å². The number of halogens is 5. The molecular formula is C9H12F5N3. The van der Waals surface area contributed by atoms with Crippen molar-refractivity contribution in [1.29, 1.82) is 0 Å². The van der Waals surface area contributed by atoms with Crippen LogP contribution in [0.25, 0.3) is 0 Å². The van der Waals surface area contributed by atoms with E-state index in [4.69, 9.17) is 0 Å². The van der Waals surface area contributed by atoms with Crippen LogP contribution in [0.2, 0.25) is 0 Å². The Morgan fingerprint density at radius 1 is 1.18 bits per heavy atom. The van der Waals surface area contributed by atoms with E-state index < -0.39 is 17.8 Å². The van der Waals surface area contributed by atoms with Crippen LogP contribution >= 0.6 is 0 Å². The minimum Gasteiger partial charge on any atom is -0.249 e. The molecule has 0 aliphatic carbocycles. The van der Waals surface area contributed by atoms with Crippen molar-refractivity contribution in [3.8, 4) is 0 Å². The number of rotatable bonds is 4. The quantitative estimate of drug-likeness (QED) is 0.776. The number of nitrogens with zero attached hydrogens (tertiary/aromatic N) is 3. The molecule has 0 saturated carbocycles. The highest BCUT2D eigenvalue weighted by atomic mass is 19.4. The zero-order valence-corrected chi connectivity index (χ0v) is 9.35. The van der Waals surface area contributed by atoms with Crippen LogP contribution in [0.15, 0.2) is 0 Å². The van der Waals surface area contributed by atoms with Crippen molar-refractivity contribution < 1.29 is 22.0 Å². The number of aromatic nitrogens is 3. The first-order valence-electron chi connectivity index (χ1n) is 5.07. The summed E-state index contributed by atoms with van der Waals surface area (Å²) in [6.45, 7) is 3.31. The fourth-order valence-electron chi connectivity index (χ4n) is 1.30. The number of hydrogen-bond acceptors (Lipinski definition) is 2. The third-order valence-electron chi connectivity index (χ3n) is 2.36. The van der Waals surface area contributed by atoms with Gasteiger partial charge in [0.1, 0.15) is 0 Å². The van der Waals surface area contributed by atoms with Crippen LogP contribution in [0.5, 0.6) is 0 Å². The van der Waals surface area contributed by atoms with Gasteiger partial charge in [-0.25, -0.2) is 4.68 Å². The number of hydrogen-bond donors (Lipinski definition) is 0. The molecule has 0 N–H and O–H groups in total. The van der Waals surface area contributed by atoms with Gasteiger partial charge in [0.2, 0.25) is 0 Å². The molecule has 3 nitrogen and oxygen atoms in total. The second-order valence-corrected chi connectivity index (χ2v) is 3.67. The third kappa shape index (κ3) is 2.55. The third-order valence-corrected chi connectivity index (χ3v) is 2.36. The first kappa shape index (κ1) is 13.9. The molecule has 0 saturated heterocycles. The summed E-state index contributed by atoms with van der Waals surface area (Å²) >= 11 is 0. The molecule has 0 atom stereocenters. The summed E-state index contributed by atoms with van der Waals surface area (Å²) in [4.78, 5) is 0. The highest BCUT2D eigenvalue weighted by molar-refractivity contribution is 5.16. The van der Waals surface area contributed by atoms with Crippen molar-refractivity contribution in [3.63, 3.8) is 0 Å². The van der Waals surface area contributed by atoms with Gasteiger partial charge >= 0.3 is 12.1 Å². The van der Waals surface area contributed by atoms with E-state index in [0.29, 0.717) is 6.42 Å². The average Bonchev–Trinajstić information content (AvgIpc) is 2.55. The smallest absolute Gasteiger partial charge is 0.249 e.